The number of anilines is 3. The van der Waals surface area contributed by atoms with Crippen molar-refractivity contribution >= 4 is 23.4 Å². The van der Waals surface area contributed by atoms with E-state index in [1.165, 1.54) is 0 Å². The normalized spacial score (nSPS) is 14.0. The fourth-order valence-electron chi connectivity index (χ4n) is 3.21. The molecule has 0 saturated carbocycles. The number of benzene rings is 1. The van der Waals surface area contributed by atoms with Gasteiger partial charge in [0.25, 0.3) is 5.91 Å². The minimum Gasteiger partial charge on any atom is -0.353 e. The summed E-state index contributed by atoms with van der Waals surface area (Å²) in [6.45, 7) is 5.31. The van der Waals surface area contributed by atoms with E-state index in [9.17, 15) is 4.79 Å². The smallest absolute Gasteiger partial charge is 0.257 e. The second kappa shape index (κ2) is 8.04. The predicted molar refractivity (Wildman–Crippen MR) is 110 cm³/mol. The van der Waals surface area contributed by atoms with E-state index in [0.717, 1.165) is 49.2 Å². The van der Waals surface area contributed by atoms with E-state index in [1.807, 2.05) is 49.4 Å². The summed E-state index contributed by atoms with van der Waals surface area (Å²) in [5.74, 6) is 1.49. The Labute approximate surface area is 164 Å². The number of hydrogen-bond donors (Lipinski definition) is 1. The molecule has 0 bridgehead atoms. The summed E-state index contributed by atoms with van der Waals surface area (Å²) in [6, 6.07) is 13.3. The Morgan fingerprint density at radius 1 is 0.893 bits per heavy atom. The average molecular weight is 374 g/mol. The summed E-state index contributed by atoms with van der Waals surface area (Å²) in [5.41, 5.74) is 2.39. The Balaban J connectivity index is 1.37. The van der Waals surface area contributed by atoms with E-state index in [-0.39, 0.29) is 5.91 Å². The van der Waals surface area contributed by atoms with Gasteiger partial charge >= 0.3 is 0 Å². The molecule has 2 aromatic heterocycles. The van der Waals surface area contributed by atoms with Gasteiger partial charge in [0.05, 0.1) is 5.56 Å². The Morgan fingerprint density at radius 2 is 1.61 bits per heavy atom. The third kappa shape index (κ3) is 3.93. The molecule has 0 radical (unpaired) electrons. The van der Waals surface area contributed by atoms with E-state index in [1.54, 1.807) is 18.6 Å². The second-order valence-corrected chi connectivity index (χ2v) is 6.70. The van der Waals surface area contributed by atoms with Gasteiger partial charge in [-0.3, -0.25) is 4.79 Å². The van der Waals surface area contributed by atoms with Crippen molar-refractivity contribution in [2.45, 2.75) is 6.92 Å². The first kappa shape index (κ1) is 17.9. The minimum atomic E-state index is -0.153. The van der Waals surface area contributed by atoms with Gasteiger partial charge in [0, 0.05) is 50.5 Å². The van der Waals surface area contributed by atoms with Crippen molar-refractivity contribution in [3.05, 3.63) is 72.2 Å². The van der Waals surface area contributed by atoms with E-state index >= 15 is 0 Å². The first-order valence-electron chi connectivity index (χ1n) is 9.31. The number of aryl methyl sites for hydroxylation is 1. The van der Waals surface area contributed by atoms with E-state index in [2.05, 4.69) is 30.1 Å². The van der Waals surface area contributed by atoms with Crippen LogP contribution in [0.1, 0.15) is 15.9 Å². The summed E-state index contributed by atoms with van der Waals surface area (Å²) in [4.78, 5) is 30.0. The van der Waals surface area contributed by atoms with Crippen molar-refractivity contribution in [2.24, 2.45) is 0 Å². The standard InChI is InChI=1S/C21H22N6O/c1-16-5-2-3-6-18(16)25-20(28)17-7-8-19(24-15-17)26-11-13-27(14-12-26)21-22-9-4-10-23-21/h2-10,15H,11-14H2,1H3,(H,25,28). The van der Waals surface area contributed by atoms with Crippen molar-refractivity contribution < 1.29 is 4.79 Å². The Bertz CT molecular complexity index is 937. The molecule has 3 heterocycles. The minimum absolute atomic E-state index is 0.153. The summed E-state index contributed by atoms with van der Waals surface area (Å²) in [7, 11) is 0. The van der Waals surface area contributed by atoms with Crippen LogP contribution in [0.25, 0.3) is 0 Å². The maximum absolute atomic E-state index is 12.5. The monoisotopic (exact) mass is 374 g/mol. The molecule has 1 aromatic carbocycles. The Morgan fingerprint density at radius 3 is 2.29 bits per heavy atom. The van der Waals surface area contributed by atoms with Crippen LogP contribution in [0.3, 0.4) is 0 Å². The lowest BCUT2D eigenvalue weighted by Gasteiger charge is -2.35. The quantitative estimate of drug-likeness (QED) is 0.757. The molecule has 3 aromatic rings. The van der Waals surface area contributed by atoms with Gasteiger partial charge in [-0.15, -0.1) is 0 Å². The van der Waals surface area contributed by atoms with Crippen LogP contribution in [0.15, 0.2) is 61.1 Å². The highest BCUT2D eigenvalue weighted by Gasteiger charge is 2.20. The number of hydrogen-bond acceptors (Lipinski definition) is 6. The van der Waals surface area contributed by atoms with Crippen molar-refractivity contribution in [1.82, 2.24) is 15.0 Å². The van der Waals surface area contributed by atoms with E-state index < -0.39 is 0 Å². The number of piperazine rings is 1. The predicted octanol–water partition coefficient (Wildman–Crippen LogP) is 2.76. The van der Waals surface area contributed by atoms with Crippen LogP contribution in [-0.2, 0) is 0 Å². The molecule has 7 heteroatoms. The van der Waals surface area contributed by atoms with Crippen molar-refractivity contribution in [1.29, 1.82) is 0 Å². The lowest BCUT2D eigenvalue weighted by atomic mass is 10.2. The zero-order chi connectivity index (χ0) is 19.3. The van der Waals surface area contributed by atoms with Crippen molar-refractivity contribution in [3.63, 3.8) is 0 Å². The van der Waals surface area contributed by atoms with Gasteiger partial charge in [-0.2, -0.15) is 0 Å². The zero-order valence-electron chi connectivity index (χ0n) is 15.7. The fraction of sp³-hybridized carbons (Fsp3) is 0.238. The van der Waals surface area contributed by atoms with E-state index in [4.69, 9.17) is 0 Å². The zero-order valence-corrected chi connectivity index (χ0v) is 15.7. The number of carbonyl (C=O) groups is 1. The molecule has 4 rings (SSSR count). The Hall–Kier alpha value is -3.48. The molecule has 0 unspecified atom stereocenters. The third-order valence-corrected chi connectivity index (χ3v) is 4.84. The maximum Gasteiger partial charge on any atom is 0.257 e. The van der Waals surface area contributed by atoms with Gasteiger partial charge < -0.3 is 15.1 Å². The number of para-hydroxylation sites is 1. The molecule has 1 amide bonds. The van der Waals surface area contributed by atoms with Crippen molar-refractivity contribution in [2.75, 3.05) is 41.3 Å². The SMILES string of the molecule is Cc1ccccc1NC(=O)c1ccc(N2CCN(c3ncccn3)CC2)nc1. The van der Waals surface area contributed by atoms with Crippen LogP contribution < -0.4 is 15.1 Å². The highest BCUT2D eigenvalue weighted by molar-refractivity contribution is 6.04. The first-order chi connectivity index (χ1) is 13.7. The van der Waals surface area contributed by atoms with Gasteiger partial charge in [0.2, 0.25) is 5.95 Å². The van der Waals surface area contributed by atoms with Crippen molar-refractivity contribution in [3.8, 4) is 0 Å². The van der Waals surface area contributed by atoms with Crippen LogP contribution in [0.5, 0.6) is 0 Å². The molecule has 28 heavy (non-hydrogen) atoms. The van der Waals surface area contributed by atoms with Crippen LogP contribution in [-0.4, -0.2) is 47.0 Å². The van der Waals surface area contributed by atoms with Crippen LogP contribution in [0, 0.1) is 6.92 Å². The number of aromatic nitrogens is 3. The topological polar surface area (TPSA) is 74.2 Å². The van der Waals surface area contributed by atoms with Gasteiger partial charge in [-0.05, 0) is 36.8 Å². The molecule has 1 aliphatic rings. The molecule has 7 nitrogen and oxygen atoms in total. The highest BCUT2D eigenvalue weighted by atomic mass is 16.1. The summed E-state index contributed by atoms with van der Waals surface area (Å²) < 4.78 is 0. The molecule has 0 aliphatic carbocycles. The summed E-state index contributed by atoms with van der Waals surface area (Å²) in [5, 5.41) is 2.94. The number of carbonyl (C=O) groups excluding carboxylic acids is 1. The molecule has 1 aliphatic heterocycles. The number of nitrogens with zero attached hydrogens (tertiary/aromatic N) is 5. The number of amides is 1. The fourth-order valence-corrected chi connectivity index (χ4v) is 3.21. The third-order valence-electron chi connectivity index (χ3n) is 4.84. The molecular weight excluding hydrogens is 352 g/mol. The summed E-state index contributed by atoms with van der Waals surface area (Å²) >= 11 is 0. The van der Waals surface area contributed by atoms with Gasteiger partial charge in [0.15, 0.2) is 0 Å². The molecule has 1 N–H and O–H groups in total. The Kier molecular flexibility index (Phi) is 5.14. The molecule has 0 spiro atoms. The summed E-state index contributed by atoms with van der Waals surface area (Å²) in [6.07, 6.45) is 5.16. The van der Waals surface area contributed by atoms with Gasteiger partial charge in [-0.25, -0.2) is 15.0 Å². The molecule has 1 saturated heterocycles. The van der Waals surface area contributed by atoms with Crippen LogP contribution >= 0.6 is 0 Å². The number of pyridine rings is 1. The molecule has 142 valence electrons. The van der Waals surface area contributed by atoms with Crippen LogP contribution in [0.2, 0.25) is 0 Å². The molecular formula is C21H22N6O. The van der Waals surface area contributed by atoms with Crippen LogP contribution in [0.4, 0.5) is 17.5 Å². The van der Waals surface area contributed by atoms with E-state index in [0.29, 0.717) is 5.56 Å². The number of rotatable bonds is 4. The molecule has 1 fully saturated rings. The second-order valence-electron chi connectivity index (χ2n) is 6.70. The molecule has 0 atom stereocenters. The number of nitrogens with one attached hydrogen (secondary N) is 1. The largest absolute Gasteiger partial charge is 0.353 e. The van der Waals surface area contributed by atoms with Gasteiger partial charge in [-0.1, -0.05) is 18.2 Å². The lowest BCUT2D eigenvalue weighted by molar-refractivity contribution is 0.102. The van der Waals surface area contributed by atoms with Gasteiger partial charge in [0.1, 0.15) is 5.82 Å². The lowest BCUT2D eigenvalue weighted by Crippen LogP contribution is -2.47. The average Bonchev–Trinajstić information content (AvgIpc) is 2.76. The first-order valence-corrected chi connectivity index (χ1v) is 9.31. The highest BCUT2D eigenvalue weighted by Crippen LogP contribution is 2.18. The maximum atomic E-state index is 12.5.